The summed E-state index contributed by atoms with van der Waals surface area (Å²) in [6.45, 7) is 4.10. The molecule has 5 heteroatoms. The predicted octanol–water partition coefficient (Wildman–Crippen LogP) is 2.66. The molecule has 0 radical (unpaired) electrons. The van der Waals surface area contributed by atoms with Gasteiger partial charge in [-0.05, 0) is 18.1 Å². The average molecular weight is 235 g/mol. The van der Waals surface area contributed by atoms with Gasteiger partial charge in [0.1, 0.15) is 5.82 Å². The molecule has 0 unspecified atom stereocenters. The van der Waals surface area contributed by atoms with Gasteiger partial charge in [-0.3, -0.25) is 0 Å². The van der Waals surface area contributed by atoms with Crippen molar-refractivity contribution >= 4 is 5.69 Å². The first-order valence-corrected chi connectivity index (χ1v) is 5.45. The Kier molecular flexibility index (Phi) is 3.08. The van der Waals surface area contributed by atoms with Gasteiger partial charge in [0.05, 0.1) is 5.56 Å². The minimum absolute atomic E-state index is 0.135. The van der Waals surface area contributed by atoms with Crippen LogP contribution in [0.25, 0.3) is 11.5 Å². The second kappa shape index (κ2) is 4.53. The Balaban J connectivity index is 2.37. The van der Waals surface area contributed by atoms with Crippen LogP contribution in [0.15, 0.2) is 22.7 Å². The maximum Gasteiger partial charge on any atom is 0.263 e. The van der Waals surface area contributed by atoms with Crippen LogP contribution < -0.4 is 5.73 Å². The Morgan fingerprint density at radius 3 is 2.82 bits per heavy atom. The second-order valence-electron chi connectivity index (χ2n) is 4.32. The summed E-state index contributed by atoms with van der Waals surface area (Å²) in [5, 5.41) is 3.81. The number of rotatable bonds is 3. The molecule has 17 heavy (non-hydrogen) atoms. The molecule has 0 saturated carbocycles. The van der Waals surface area contributed by atoms with Gasteiger partial charge in [0, 0.05) is 12.1 Å². The highest BCUT2D eigenvalue weighted by Crippen LogP contribution is 2.27. The number of nitrogens with zero attached hydrogens (tertiary/aromatic N) is 2. The molecule has 0 aliphatic carbocycles. The van der Waals surface area contributed by atoms with Crippen molar-refractivity contribution in [2.45, 2.75) is 20.3 Å². The normalized spacial score (nSPS) is 11.1. The molecule has 0 spiro atoms. The number of aromatic nitrogens is 2. The number of benzene rings is 1. The Bertz CT molecular complexity index is 502. The first-order valence-electron chi connectivity index (χ1n) is 5.45. The van der Waals surface area contributed by atoms with Crippen LogP contribution >= 0.6 is 0 Å². The number of hydrogen-bond acceptors (Lipinski definition) is 4. The maximum absolute atomic E-state index is 13.6. The summed E-state index contributed by atoms with van der Waals surface area (Å²) in [6.07, 6.45) is 0.692. The van der Waals surface area contributed by atoms with E-state index in [1.165, 1.54) is 6.07 Å². The quantitative estimate of drug-likeness (QED) is 0.830. The SMILES string of the molecule is CC(C)Cc1noc(-c2c(N)cccc2F)n1. The lowest BCUT2D eigenvalue weighted by Gasteiger charge is -2.00. The van der Waals surface area contributed by atoms with Crippen LogP contribution in [-0.2, 0) is 6.42 Å². The number of halogens is 1. The fraction of sp³-hybridized carbons (Fsp3) is 0.333. The van der Waals surface area contributed by atoms with Gasteiger partial charge in [0.15, 0.2) is 5.82 Å². The van der Waals surface area contributed by atoms with Crippen molar-refractivity contribution in [2.75, 3.05) is 5.73 Å². The van der Waals surface area contributed by atoms with Crippen molar-refractivity contribution in [3.8, 4) is 11.5 Å². The molecule has 4 nitrogen and oxygen atoms in total. The van der Waals surface area contributed by atoms with Gasteiger partial charge >= 0.3 is 0 Å². The molecule has 2 N–H and O–H groups in total. The van der Waals surface area contributed by atoms with Gasteiger partial charge in [-0.2, -0.15) is 4.98 Å². The number of nitrogen functional groups attached to an aromatic ring is 1. The predicted molar refractivity (Wildman–Crippen MR) is 62.6 cm³/mol. The van der Waals surface area contributed by atoms with E-state index in [1.54, 1.807) is 12.1 Å². The van der Waals surface area contributed by atoms with Crippen molar-refractivity contribution in [3.05, 3.63) is 29.8 Å². The van der Waals surface area contributed by atoms with Gasteiger partial charge < -0.3 is 10.3 Å². The third-order valence-corrected chi connectivity index (χ3v) is 2.32. The molecule has 0 fully saturated rings. The molecule has 1 aromatic carbocycles. The van der Waals surface area contributed by atoms with Gasteiger partial charge in [0.2, 0.25) is 0 Å². The lowest BCUT2D eigenvalue weighted by Crippen LogP contribution is -1.97. The lowest BCUT2D eigenvalue weighted by atomic mass is 10.1. The largest absolute Gasteiger partial charge is 0.398 e. The molecule has 2 rings (SSSR count). The van der Waals surface area contributed by atoms with E-state index in [-0.39, 0.29) is 11.5 Å². The highest BCUT2D eigenvalue weighted by molar-refractivity contribution is 5.70. The van der Waals surface area contributed by atoms with Crippen molar-refractivity contribution in [2.24, 2.45) is 5.92 Å². The van der Waals surface area contributed by atoms with Crippen LogP contribution in [0.1, 0.15) is 19.7 Å². The third-order valence-electron chi connectivity index (χ3n) is 2.32. The van der Waals surface area contributed by atoms with Crippen LogP contribution in [0, 0.1) is 11.7 Å². The minimum Gasteiger partial charge on any atom is -0.398 e. The van der Waals surface area contributed by atoms with Gasteiger partial charge in [-0.1, -0.05) is 25.1 Å². The van der Waals surface area contributed by atoms with E-state index in [1.807, 2.05) is 13.8 Å². The molecule has 2 aromatic rings. The van der Waals surface area contributed by atoms with E-state index in [0.717, 1.165) is 0 Å². The summed E-state index contributed by atoms with van der Waals surface area (Å²) >= 11 is 0. The first kappa shape index (κ1) is 11.6. The fourth-order valence-electron chi connectivity index (χ4n) is 1.57. The fourth-order valence-corrected chi connectivity index (χ4v) is 1.57. The molecule has 1 aromatic heterocycles. The summed E-state index contributed by atoms with van der Waals surface area (Å²) < 4.78 is 18.6. The highest BCUT2D eigenvalue weighted by atomic mass is 19.1. The van der Waals surface area contributed by atoms with Crippen molar-refractivity contribution in [1.29, 1.82) is 0 Å². The third kappa shape index (κ3) is 2.43. The molecule has 0 aliphatic heterocycles. The van der Waals surface area contributed by atoms with Crippen molar-refractivity contribution in [3.63, 3.8) is 0 Å². The summed E-state index contributed by atoms with van der Waals surface area (Å²) in [6, 6.07) is 4.46. The molecule has 0 amide bonds. The highest BCUT2D eigenvalue weighted by Gasteiger charge is 2.16. The molecule has 0 aliphatic rings. The van der Waals surface area contributed by atoms with E-state index in [0.29, 0.717) is 23.9 Å². The lowest BCUT2D eigenvalue weighted by molar-refractivity contribution is 0.416. The summed E-state index contributed by atoms with van der Waals surface area (Å²) in [4.78, 5) is 4.14. The summed E-state index contributed by atoms with van der Waals surface area (Å²) in [7, 11) is 0. The number of nitrogens with two attached hydrogens (primary N) is 1. The first-order chi connectivity index (χ1) is 8.08. The molecule has 0 bridgehead atoms. The zero-order valence-electron chi connectivity index (χ0n) is 9.77. The topological polar surface area (TPSA) is 64.9 Å². The Labute approximate surface area is 98.6 Å². The molecular formula is C12H14FN3O. The molecule has 0 atom stereocenters. The maximum atomic E-state index is 13.6. The second-order valence-corrected chi connectivity index (χ2v) is 4.32. The van der Waals surface area contributed by atoms with Crippen LogP contribution in [-0.4, -0.2) is 10.1 Å². The Morgan fingerprint density at radius 2 is 2.18 bits per heavy atom. The Morgan fingerprint density at radius 1 is 1.41 bits per heavy atom. The van der Waals surface area contributed by atoms with Crippen molar-refractivity contribution < 1.29 is 8.91 Å². The van der Waals surface area contributed by atoms with E-state index in [9.17, 15) is 4.39 Å². The van der Waals surface area contributed by atoms with Crippen molar-refractivity contribution in [1.82, 2.24) is 10.1 Å². The van der Waals surface area contributed by atoms with Gasteiger partial charge in [-0.15, -0.1) is 0 Å². The van der Waals surface area contributed by atoms with E-state index in [2.05, 4.69) is 10.1 Å². The average Bonchev–Trinajstić information content (AvgIpc) is 2.65. The zero-order chi connectivity index (χ0) is 12.4. The van der Waals surface area contributed by atoms with E-state index < -0.39 is 5.82 Å². The number of hydrogen-bond donors (Lipinski definition) is 1. The van der Waals surface area contributed by atoms with E-state index in [4.69, 9.17) is 10.3 Å². The van der Waals surface area contributed by atoms with Crippen LogP contribution in [0.2, 0.25) is 0 Å². The summed E-state index contributed by atoms with van der Waals surface area (Å²) in [5.74, 6) is 0.664. The monoisotopic (exact) mass is 235 g/mol. The van der Waals surface area contributed by atoms with E-state index >= 15 is 0 Å². The molecule has 1 heterocycles. The Hall–Kier alpha value is -1.91. The number of anilines is 1. The van der Waals surface area contributed by atoms with Gasteiger partial charge in [0.25, 0.3) is 5.89 Å². The van der Waals surface area contributed by atoms with Gasteiger partial charge in [-0.25, -0.2) is 4.39 Å². The van der Waals surface area contributed by atoms with Crippen LogP contribution in [0.3, 0.4) is 0 Å². The molecular weight excluding hydrogens is 221 g/mol. The zero-order valence-corrected chi connectivity index (χ0v) is 9.77. The van der Waals surface area contributed by atoms with Crippen LogP contribution in [0.5, 0.6) is 0 Å². The standard InChI is InChI=1S/C12H14FN3O/c1-7(2)6-10-15-12(17-16-10)11-8(13)4-3-5-9(11)14/h3-5,7H,6,14H2,1-2H3. The van der Waals surface area contributed by atoms with Crippen LogP contribution in [0.4, 0.5) is 10.1 Å². The minimum atomic E-state index is -0.454. The molecule has 0 saturated heterocycles. The smallest absolute Gasteiger partial charge is 0.263 e. The molecule has 90 valence electrons. The summed E-state index contributed by atoms with van der Waals surface area (Å²) in [5.41, 5.74) is 6.17.